The minimum atomic E-state index is 0.193. The van der Waals surface area contributed by atoms with Crippen molar-refractivity contribution in [1.82, 2.24) is 19.9 Å². The van der Waals surface area contributed by atoms with Crippen molar-refractivity contribution in [2.75, 3.05) is 13.1 Å². The first kappa shape index (κ1) is 17.6. The summed E-state index contributed by atoms with van der Waals surface area (Å²) < 4.78 is 0. The Hall–Kier alpha value is -2.47. The number of thiophene rings is 1. The van der Waals surface area contributed by atoms with E-state index in [1.165, 1.54) is 32.9 Å². The summed E-state index contributed by atoms with van der Waals surface area (Å²) in [6.07, 6.45) is 8.61. The van der Waals surface area contributed by atoms with Crippen LogP contribution in [0.3, 0.4) is 0 Å². The molecule has 1 aromatic carbocycles. The van der Waals surface area contributed by atoms with Crippen LogP contribution in [0.2, 0.25) is 5.02 Å². The maximum atomic E-state index is 6.15. The molecule has 0 aliphatic carbocycles. The predicted octanol–water partition coefficient (Wildman–Crippen LogP) is 5.65. The Balaban J connectivity index is 1.67. The second-order valence-corrected chi connectivity index (χ2v) is 8.40. The highest BCUT2D eigenvalue weighted by Gasteiger charge is 2.31. The molecule has 1 saturated heterocycles. The summed E-state index contributed by atoms with van der Waals surface area (Å²) in [5.41, 5.74) is 3.72. The molecule has 4 aromatic rings. The third-order valence-electron chi connectivity index (χ3n) is 5.18. The van der Waals surface area contributed by atoms with Gasteiger partial charge in [-0.15, -0.1) is 11.3 Å². The number of nitrogens with one attached hydrogen (secondary N) is 1. The number of nitrogens with zero attached hydrogens (tertiary/aromatic N) is 3. The van der Waals surface area contributed by atoms with Gasteiger partial charge >= 0.3 is 0 Å². The van der Waals surface area contributed by atoms with Crippen LogP contribution in [0.1, 0.15) is 23.6 Å². The molecule has 0 radical (unpaired) electrons. The van der Waals surface area contributed by atoms with Crippen LogP contribution < -0.4 is 0 Å². The highest BCUT2D eigenvalue weighted by molar-refractivity contribution is 7.19. The molecule has 1 unspecified atom stereocenters. The summed E-state index contributed by atoms with van der Waals surface area (Å²) in [4.78, 5) is 16.9. The molecule has 0 saturated carbocycles. The summed E-state index contributed by atoms with van der Waals surface area (Å²) >= 11 is 7.93. The molecular weight excluding hydrogens is 388 g/mol. The fourth-order valence-corrected chi connectivity index (χ4v) is 4.95. The zero-order valence-corrected chi connectivity index (χ0v) is 16.7. The minimum Gasteiger partial charge on any atom is -0.344 e. The molecule has 3 aromatic heterocycles. The lowest BCUT2D eigenvalue weighted by Crippen LogP contribution is -2.40. The van der Waals surface area contributed by atoms with Crippen LogP contribution in [-0.4, -0.2) is 32.9 Å². The molecular formula is C22H19ClN4S. The topological polar surface area (TPSA) is 44.8 Å². The Kier molecular flexibility index (Phi) is 4.72. The van der Waals surface area contributed by atoms with E-state index in [0.29, 0.717) is 0 Å². The van der Waals surface area contributed by atoms with Crippen molar-refractivity contribution in [3.8, 4) is 21.1 Å². The fourth-order valence-electron chi connectivity index (χ4n) is 3.67. The molecule has 0 spiro atoms. The molecule has 1 fully saturated rings. The van der Waals surface area contributed by atoms with Gasteiger partial charge in [0.1, 0.15) is 5.82 Å². The van der Waals surface area contributed by atoms with Gasteiger partial charge in [-0.3, -0.25) is 9.88 Å². The van der Waals surface area contributed by atoms with E-state index in [0.717, 1.165) is 23.9 Å². The van der Waals surface area contributed by atoms with Crippen LogP contribution in [0.5, 0.6) is 0 Å². The quantitative estimate of drug-likeness (QED) is 0.465. The predicted molar refractivity (Wildman–Crippen MR) is 115 cm³/mol. The van der Waals surface area contributed by atoms with Gasteiger partial charge in [-0.25, -0.2) is 4.98 Å². The van der Waals surface area contributed by atoms with Crippen molar-refractivity contribution in [1.29, 1.82) is 0 Å². The third kappa shape index (κ3) is 3.26. The zero-order valence-electron chi connectivity index (χ0n) is 15.2. The second kappa shape index (κ2) is 7.51. The van der Waals surface area contributed by atoms with Gasteiger partial charge in [0, 0.05) is 47.8 Å². The van der Waals surface area contributed by atoms with Crippen molar-refractivity contribution < 1.29 is 0 Å². The lowest BCUT2D eigenvalue weighted by atomic mass is 9.94. The van der Waals surface area contributed by atoms with E-state index in [9.17, 15) is 0 Å². The summed E-state index contributed by atoms with van der Waals surface area (Å²) in [7, 11) is 0. The molecule has 1 N–H and O–H groups in total. The van der Waals surface area contributed by atoms with Crippen LogP contribution in [-0.2, 0) is 0 Å². The van der Waals surface area contributed by atoms with Crippen LogP contribution in [0.4, 0.5) is 0 Å². The van der Waals surface area contributed by atoms with Crippen molar-refractivity contribution in [2.45, 2.75) is 12.5 Å². The third-order valence-corrected chi connectivity index (χ3v) is 6.63. The van der Waals surface area contributed by atoms with Gasteiger partial charge in [0.15, 0.2) is 0 Å². The molecule has 140 valence electrons. The maximum absolute atomic E-state index is 6.15. The molecule has 1 atom stereocenters. The largest absolute Gasteiger partial charge is 0.344 e. The van der Waals surface area contributed by atoms with E-state index in [2.05, 4.69) is 50.2 Å². The highest BCUT2D eigenvalue weighted by Crippen LogP contribution is 2.44. The van der Waals surface area contributed by atoms with Crippen molar-refractivity contribution in [2.24, 2.45) is 0 Å². The molecule has 6 heteroatoms. The van der Waals surface area contributed by atoms with Gasteiger partial charge < -0.3 is 4.98 Å². The van der Waals surface area contributed by atoms with E-state index in [1.54, 1.807) is 11.3 Å². The standard InChI is InChI=1S/C22H19ClN4S/c23-17-4-2-16(3-5-17)20(27-12-1-13-27)18-14-19(15-6-8-24-9-7-15)28-21(18)22-25-10-11-26-22/h2-11,14,20H,1,12-13H2,(H,25,26). The van der Waals surface area contributed by atoms with Crippen LogP contribution in [0.25, 0.3) is 21.1 Å². The van der Waals surface area contributed by atoms with E-state index in [-0.39, 0.29) is 6.04 Å². The van der Waals surface area contributed by atoms with Gasteiger partial charge in [-0.1, -0.05) is 23.7 Å². The Morgan fingerprint density at radius 2 is 1.82 bits per heavy atom. The van der Waals surface area contributed by atoms with E-state index < -0.39 is 0 Å². The van der Waals surface area contributed by atoms with Gasteiger partial charge in [0.25, 0.3) is 0 Å². The van der Waals surface area contributed by atoms with Crippen LogP contribution in [0, 0.1) is 0 Å². The smallest absolute Gasteiger partial charge is 0.147 e. The van der Waals surface area contributed by atoms with Crippen LogP contribution >= 0.6 is 22.9 Å². The molecule has 1 aliphatic heterocycles. The first-order valence-corrected chi connectivity index (χ1v) is 10.5. The summed E-state index contributed by atoms with van der Waals surface area (Å²) in [5.74, 6) is 0.916. The van der Waals surface area contributed by atoms with E-state index in [1.807, 2.05) is 36.9 Å². The van der Waals surface area contributed by atoms with E-state index >= 15 is 0 Å². The maximum Gasteiger partial charge on any atom is 0.147 e. The van der Waals surface area contributed by atoms with Gasteiger partial charge in [0.2, 0.25) is 0 Å². The first-order chi connectivity index (χ1) is 13.8. The minimum absolute atomic E-state index is 0.193. The Labute approximate surface area is 172 Å². The number of aromatic amines is 1. The number of halogens is 1. The number of pyridine rings is 1. The summed E-state index contributed by atoms with van der Waals surface area (Å²) in [5, 5.41) is 0.764. The lowest BCUT2D eigenvalue weighted by Gasteiger charge is -2.39. The van der Waals surface area contributed by atoms with E-state index in [4.69, 9.17) is 11.6 Å². The number of hydrogen-bond donors (Lipinski definition) is 1. The Bertz CT molecular complexity index is 1050. The van der Waals surface area contributed by atoms with Gasteiger partial charge in [-0.05, 0) is 53.4 Å². The van der Waals surface area contributed by atoms with Crippen LogP contribution in [0.15, 0.2) is 67.3 Å². The number of aromatic nitrogens is 3. The molecule has 0 bridgehead atoms. The number of benzene rings is 1. The Morgan fingerprint density at radius 3 is 2.46 bits per heavy atom. The monoisotopic (exact) mass is 406 g/mol. The number of rotatable bonds is 5. The first-order valence-electron chi connectivity index (χ1n) is 9.33. The fraction of sp³-hybridized carbons (Fsp3) is 0.182. The SMILES string of the molecule is Clc1ccc(C(c2cc(-c3ccncc3)sc2-c2ncc[nH]2)N2CCC2)cc1. The number of hydrogen-bond acceptors (Lipinski definition) is 4. The van der Waals surface area contributed by atoms with Gasteiger partial charge in [0.05, 0.1) is 10.9 Å². The molecule has 0 amide bonds. The lowest BCUT2D eigenvalue weighted by molar-refractivity contribution is 0.141. The number of likely N-dealkylation sites (tertiary alicyclic amines) is 1. The second-order valence-electron chi connectivity index (χ2n) is 6.91. The zero-order chi connectivity index (χ0) is 18.9. The number of imidazole rings is 1. The van der Waals surface area contributed by atoms with Gasteiger partial charge in [-0.2, -0.15) is 0 Å². The average molecular weight is 407 g/mol. The highest BCUT2D eigenvalue weighted by atomic mass is 35.5. The summed E-state index contributed by atoms with van der Waals surface area (Å²) in [6, 6.07) is 14.9. The molecule has 4 heterocycles. The normalized spacial score (nSPS) is 15.3. The van der Waals surface area contributed by atoms with Crippen molar-refractivity contribution >= 4 is 22.9 Å². The molecule has 4 nitrogen and oxygen atoms in total. The van der Waals surface area contributed by atoms with Crippen molar-refractivity contribution in [3.05, 3.63) is 83.4 Å². The average Bonchev–Trinajstić information content (AvgIpc) is 3.36. The molecule has 28 heavy (non-hydrogen) atoms. The van der Waals surface area contributed by atoms with Crippen molar-refractivity contribution in [3.63, 3.8) is 0 Å². The number of H-pyrrole nitrogens is 1. The summed E-state index contributed by atoms with van der Waals surface area (Å²) in [6.45, 7) is 2.21. The Morgan fingerprint density at radius 1 is 1.04 bits per heavy atom. The molecule has 1 aliphatic rings. The molecule has 5 rings (SSSR count).